The maximum Gasteiger partial charge on any atom is 0.243 e. The summed E-state index contributed by atoms with van der Waals surface area (Å²) in [6.45, 7) is 6.04. The highest BCUT2D eigenvalue weighted by atomic mass is 32.2. The van der Waals surface area contributed by atoms with Crippen molar-refractivity contribution >= 4 is 15.7 Å². The zero-order valence-electron chi connectivity index (χ0n) is 12.1. The van der Waals surface area contributed by atoms with E-state index >= 15 is 0 Å². The normalized spacial score (nSPS) is 22.1. The van der Waals surface area contributed by atoms with E-state index in [1.807, 2.05) is 0 Å². The van der Waals surface area contributed by atoms with Gasteiger partial charge in [0.1, 0.15) is 0 Å². The van der Waals surface area contributed by atoms with Gasteiger partial charge >= 0.3 is 0 Å². The number of aliphatic hydroxyl groups is 1. The Hall–Kier alpha value is -1.11. The molecule has 2 unspecified atom stereocenters. The number of anilines is 1. The van der Waals surface area contributed by atoms with Gasteiger partial charge in [0.05, 0.1) is 11.0 Å². The largest absolute Gasteiger partial charge is 0.398 e. The van der Waals surface area contributed by atoms with Crippen molar-refractivity contribution in [2.75, 3.05) is 18.8 Å². The van der Waals surface area contributed by atoms with Gasteiger partial charge in [-0.2, -0.15) is 4.31 Å². The molecule has 1 aromatic rings. The molecule has 0 aromatic heterocycles. The first-order valence-corrected chi connectivity index (χ1v) is 8.23. The number of nitrogens with zero attached hydrogens (tertiary/aromatic N) is 1. The summed E-state index contributed by atoms with van der Waals surface area (Å²) in [5.74, 6) is 0.00597. The van der Waals surface area contributed by atoms with Crippen LogP contribution in [0.25, 0.3) is 0 Å². The van der Waals surface area contributed by atoms with Gasteiger partial charge < -0.3 is 10.8 Å². The zero-order chi connectivity index (χ0) is 15.1. The van der Waals surface area contributed by atoms with E-state index in [-0.39, 0.29) is 5.92 Å². The van der Waals surface area contributed by atoms with Crippen LogP contribution in [0.4, 0.5) is 5.69 Å². The molecule has 0 amide bonds. The molecule has 6 heteroatoms. The molecule has 2 rings (SSSR count). The SMILES string of the molecule is Cc1ccc(N)c(C)c1S(=O)(=O)N1CCC(C(C)O)C1. The number of nitrogen functional groups attached to an aromatic ring is 1. The lowest BCUT2D eigenvalue weighted by atomic mass is 10.0. The number of hydrogen-bond donors (Lipinski definition) is 2. The fourth-order valence-electron chi connectivity index (χ4n) is 2.73. The van der Waals surface area contributed by atoms with Gasteiger partial charge in [0.2, 0.25) is 10.0 Å². The Bertz CT molecular complexity index is 611. The van der Waals surface area contributed by atoms with Crippen LogP contribution in [0.5, 0.6) is 0 Å². The van der Waals surface area contributed by atoms with Crippen molar-refractivity contribution in [3.8, 4) is 0 Å². The lowest BCUT2D eigenvalue weighted by molar-refractivity contribution is 0.133. The molecular formula is C14H22N2O3S. The highest BCUT2D eigenvalue weighted by Gasteiger charge is 2.36. The average molecular weight is 298 g/mol. The molecule has 2 atom stereocenters. The molecule has 0 radical (unpaired) electrons. The van der Waals surface area contributed by atoms with E-state index in [9.17, 15) is 13.5 Å². The van der Waals surface area contributed by atoms with Crippen LogP contribution in [0.2, 0.25) is 0 Å². The Morgan fingerprint density at radius 3 is 2.60 bits per heavy atom. The van der Waals surface area contributed by atoms with Gasteiger partial charge in [-0.05, 0) is 50.3 Å². The molecule has 0 spiro atoms. The van der Waals surface area contributed by atoms with Gasteiger partial charge in [0.15, 0.2) is 0 Å². The molecule has 0 bridgehead atoms. The molecule has 0 aliphatic carbocycles. The van der Waals surface area contributed by atoms with Crippen molar-refractivity contribution in [3.05, 3.63) is 23.3 Å². The van der Waals surface area contributed by atoms with E-state index in [2.05, 4.69) is 0 Å². The average Bonchev–Trinajstić information content (AvgIpc) is 2.84. The van der Waals surface area contributed by atoms with Crippen LogP contribution in [-0.4, -0.2) is 37.0 Å². The number of benzene rings is 1. The summed E-state index contributed by atoms with van der Waals surface area (Å²) in [6, 6.07) is 3.46. The first-order valence-electron chi connectivity index (χ1n) is 6.79. The van der Waals surface area contributed by atoms with Crippen LogP contribution in [0.3, 0.4) is 0 Å². The Balaban J connectivity index is 2.40. The first-order chi connectivity index (χ1) is 9.25. The second kappa shape index (κ2) is 5.35. The highest BCUT2D eigenvalue weighted by Crippen LogP contribution is 2.31. The summed E-state index contributed by atoms with van der Waals surface area (Å²) in [4.78, 5) is 0.309. The minimum atomic E-state index is -3.55. The third-order valence-corrected chi connectivity index (χ3v) is 6.27. The molecule has 3 N–H and O–H groups in total. The third kappa shape index (κ3) is 2.55. The van der Waals surface area contributed by atoms with Crippen LogP contribution >= 0.6 is 0 Å². The Labute approximate surface area is 120 Å². The lowest BCUT2D eigenvalue weighted by Crippen LogP contribution is -2.31. The standard InChI is InChI=1S/C14H22N2O3S/c1-9-4-5-13(15)10(2)14(9)20(18,19)16-7-6-12(8-16)11(3)17/h4-5,11-12,17H,6-8,15H2,1-3H3. The first kappa shape index (κ1) is 15.3. The van der Waals surface area contributed by atoms with Crippen molar-refractivity contribution < 1.29 is 13.5 Å². The third-order valence-electron chi connectivity index (χ3n) is 4.11. The van der Waals surface area contributed by atoms with E-state index in [0.717, 1.165) is 0 Å². The predicted molar refractivity (Wildman–Crippen MR) is 78.9 cm³/mol. The summed E-state index contributed by atoms with van der Waals surface area (Å²) in [5.41, 5.74) is 7.63. The molecule has 1 fully saturated rings. The van der Waals surface area contributed by atoms with Crippen LogP contribution < -0.4 is 5.73 Å². The number of sulfonamides is 1. The second-order valence-corrected chi connectivity index (χ2v) is 7.45. The van der Waals surface area contributed by atoms with E-state index in [1.165, 1.54) is 4.31 Å². The molecule has 5 nitrogen and oxygen atoms in total. The topological polar surface area (TPSA) is 83.6 Å². The molecule has 112 valence electrons. The van der Waals surface area contributed by atoms with Gasteiger partial charge in [-0.1, -0.05) is 6.07 Å². The summed E-state index contributed by atoms with van der Waals surface area (Å²) in [5, 5.41) is 9.62. The van der Waals surface area contributed by atoms with Gasteiger partial charge in [-0.25, -0.2) is 8.42 Å². The maximum atomic E-state index is 12.8. The molecule has 1 saturated heterocycles. The van der Waals surface area contributed by atoms with E-state index < -0.39 is 16.1 Å². The van der Waals surface area contributed by atoms with Gasteiger partial charge in [0.25, 0.3) is 0 Å². The Morgan fingerprint density at radius 2 is 2.05 bits per heavy atom. The van der Waals surface area contributed by atoms with Crippen LogP contribution in [-0.2, 0) is 10.0 Å². The summed E-state index contributed by atoms with van der Waals surface area (Å²) >= 11 is 0. The number of aliphatic hydroxyl groups excluding tert-OH is 1. The minimum absolute atomic E-state index is 0.00597. The molecule has 1 heterocycles. The van der Waals surface area contributed by atoms with Gasteiger partial charge in [-0.15, -0.1) is 0 Å². The molecule has 1 aromatic carbocycles. The van der Waals surface area contributed by atoms with Crippen molar-refractivity contribution in [1.82, 2.24) is 4.31 Å². The molecule has 0 saturated carbocycles. The van der Waals surface area contributed by atoms with Gasteiger partial charge in [-0.3, -0.25) is 0 Å². The van der Waals surface area contributed by atoms with Crippen molar-refractivity contribution in [3.63, 3.8) is 0 Å². The number of aryl methyl sites for hydroxylation is 1. The number of hydrogen-bond acceptors (Lipinski definition) is 4. The van der Waals surface area contributed by atoms with E-state index in [0.29, 0.717) is 41.2 Å². The Kier molecular flexibility index (Phi) is 4.09. The Morgan fingerprint density at radius 1 is 1.40 bits per heavy atom. The predicted octanol–water partition coefficient (Wildman–Crippen LogP) is 1.28. The zero-order valence-corrected chi connectivity index (χ0v) is 12.9. The second-order valence-electron chi connectivity index (χ2n) is 5.58. The van der Waals surface area contributed by atoms with Crippen LogP contribution in [0.15, 0.2) is 17.0 Å². The number of nitrogens with two attached hydrogens (primary N) is 1. The minimum Gasteiger partial charge on any atom is -0.398 e. The van der Waals surface area contributed by atoms with Crippen LogP contribution in [0, 0.1) is 19.8 Å². The summed E-state index contributed by atoms with van der Waals surface area (Å²) in [7, 11) is -3.55. The summed E-state index contributed by atoms with van der Waals surface area (Å²) in [6.07, 6.45) is 0.204. The summed E-state index contributed by atoms with van der Waals surface area (Å²) < 4.78 is 27.0. The van der Waals surface area contributed by atoms with E-state index in [1.54, 1.807) is 32.9 Å². The quantitative estimate of drug-likeness (QED) is 0.823. The van der Waals surface area contributed by atoms with Crippen molar-refractivity contribution in [2.24, 2.45) is 5.92 Å². The smallest absolute Gasteiger partial charge is 0.243 e. The fraction of sp³-hybridized carbons (Fsp3) is 0.571. The monoisotopic (exact) mass is 298 g/mol. The fourth-order valence-corrected chi connectivity index (χ4v) is 4.71. The highest BCUT2D eigenvalue weighted by molar-refractivity contribution is 7.89. The van der Waals surface area contributed by atoms with Crippen molar-refractivity contribution in [2.45, 2.75) is 38.2 Å². The lowest BCUT2D eigenvalue weighted by Gasteiger charge is -2.21. The maximum absolute atomic E-state index is 12.8. The van der Waals surface area contributed by atoms with E-state index in [4.69, 9.17) is 5.73 Å². The molecule has 20 heavy (non-hydrogen) atoms. The van der Waals surface area contributed by atoms with Gasteiger partial charge in [0, 0.05) is 18.8 Å². The van der Waals surface area contributed by atoms with Crippen LogP contribution in [0.1, 0.15) is 24.5 Å². The molecular weight excluding hydrogens is 276 g/mol. The van der Waals surface area contributed by atoms with Crippen molar-refractivity contribution in [1.29, 1.82) is 0 Å². The molecule has 1 aliphatic heterocycles. The molecule has 1 aliphatic rings. The number of rotatable bonds is 3.